The third-order valence-corrected chi connectivity index (χ3v) is 2.96. The lowest BCUT2D eigenvalue weighted by molar-refractivity contribution is 0.193. The minimum absolute atomic E-state index is 0.197. The van der Waals surface area contributed by atoms with E-state index in [9.17, 15) is 13.2 Å². The molecule has 0 fully saturated rings. The third kappa shape index (κ3) is 2.46. The maximum Gasteiger partial charge on any atom is 0.180 e. The maximum atomic E-state index is 13.3. The summed E-state index contributed by atoms with van der Waals surface area (Å²) in [5.41, 5.74) is -0.260. The largest absolute Gasteiger partial charge is 0.393 e. The van der Waals surface area contributed by atoms with E-state index in [0.29, 0.717) is 0 Å². The van der Waals surface area contributed by atoms with Crippen molar-refractivity contribution < 1.29 is 18.3 Å². The smallest absolute Gasteiger partial charge is 0.180 e. The molecule has 0 aliphatic heterocycles. The molecule has 0 aromatic heterocycles. The van der Waals surface area contributed by atoms with Crippen molar-refractivity contribution >= 4 is 27.5 Å². The predicted molar refractivity (Wildman–Crippen MR) is 54.4 cm³/mol. The van der Waals surface area contributed by atoms with E-state index in [4.69, 9.17) is 16.7 Å². The van der Waals surface area contributed by atoms with Crippen LogP contribution in [0.3, 0.4) is 0 Å². The second kappa shape index (κ2) is 4.72. The minimum Gasteiger partial charge on any atom is -0.393 e. The molecular formula is C9H7BrClF3O. The lowest BCUT2D eigenvalue weighted by Gasteiger charge is -2.11. The molecule has 1 nitrogen and oxygen atoms in total. The Labute approximate surface area is 98.0 Å². The number of hydrogen-bond donors (Lipinski definition) is 1. The highest BCUT2D eigenvalue weighted by Crippen LogP contribution is 2.33. The quantitative estimate of drug-likeness (QED) is 0.655. The second-order valence-corrected chi connectivity index (χ2v) is 4.27. The summed E-state index contributed by atoms with van der Waals surface area (Å²) in [6, 6.07) is 0. The van der Waals surface area contributed by atoms with Gasteiger partial charge in [0.15, 0.2) is 17.5 Å². The molecule has 0 saturated heterocycles. The SMILES string of the molecule is CC(O)Cc1c(F)c(F)c(Cl)c(F)c1Br. The molecule has 1 N–H and O–H groups in total. The topological polar surface area (TPSA) is 20.2 Å². The van der Waals surface area contributed by atoms with Crippen LogP contribution in [-0.2, 0) is 6.42 Å². The molecule has 0 heterocycles. The van der Waals surface area contributed by atoms with Crippen molar-refractivity contribution in [3.05, 3.63) is 32.5 Å². The fraction of sp³-hybridized carbons (Fsp3) is 0.333. The summed E-state index contributed by atoms with van der Waals surface area (Å²) in [5, 5.41) is 8.15. The Bertz CT molecular complexity index is 366. The highest BCUT2D eigenvalue weighted by molar-refractivity contribution is 9.10. The van der Waals surface area contributed by atoms with Crippen molar-refractivity contribution in [3.8, 4) is 0 Å². The minimum atomic E-state index is -1.44. The number of aliphatic hydroxyl groups is 1. The van der Waals surface area contributed by atoms with Crippen molar-refractivity contribution in [1.29, 1.82) is 0 Å². The fourth-order valence-electron chi connectivity index (χ4n) is 1.12. The van der Waals surface area contributed by atoms with Crippen molar-refractivity contribution in [2.75, 3.05) is 0 Å². The van der Waals surface area contributed by atoms with Crippen LogP contribution >= 0.6 is 27.5 Å². The van der Waals surface area contributed by atoms with Gasteiger partial charge in [-0.05, 0) is 22.9 Å². The molecule has 84 valence electrons. The van der Waals surface area contributed by atoms with Crippen molar-refractivity contribution in [2.45, 2.75) is 19.4 Å². The normalized spacial score (nSPS) is 13.0. The van der Waals surface area contributed by atoms with Gasteiger partial charge in [-0.15, -0.1) is 0 Å². The zero-order valence-electron chi connectivity index (χ0n) is 7.62. The average Bonchev–Trinajstić information content (AvgIpc) is 2.18. The van der Waals surface area contributed by atoms with Gasteiger partial charge < -0.3 is 5.11 Å². The maximum absolute atomic E-state index is 13.3. The molecule has 1 rings (SSSR count). The van der Waals surface area contributed by atoms with Gasteiger partial charge in [-0.3, -0.25) is 0 Å². The molecule has 0 spiro atoms. The molecule has 0 aliphatic carbocycles. The van der Waals surface area contributed by atoms with Crippen LogP contribution in [0.25, 0.3) is 0 Å². The fourth-order valence-corrected chi connectivity index (χ4v) is 1.95. The average molecular weight is 304 g/mol. The third-order valence-electron chi connectivity index (χ3n) is 1.80. The van der Waals surface area contributed by atoms with Crippen LogP contribution in [0.2, 0.25) is 5.02 Å². The summed E-state index contributed by atoms with van der Waals surface area (Å²) in [6.07, 6.45) is -1.10. The molecule has 6 heteroatoms. The molecule has 1 atom stereocenters. The zero-order valence-corrected chi connectivity index (χ0v) is 9.96. The first-order valence-electron chi connectivity index (χ1n) is 4.04. The Hall–Kier alpha value is -0.260. The Balaban J connectivity index is 3.39. The van der Waals surface area contributed by atoms with Gasteiger partial charge in [0.25, 0.3) is 0 Å². The summed E-state index contributed by atoms with van der Waals surface area (Å²) in [6.45, 7) is 1.39. The van der Waals surface area contributed by atoms with E-state index in [1.165, 1.54) is 6.92 Å². The second-order valence-electron chi connectivity index (χ2n) is 3.10. The van der Waals surface area contributed by atoms with E-state index >= 15 is 0 Å². The van der Waals surface area contributed by atoms with Crippen LogP contribution in [0.1, 0.15) is 12.5 Å². The molecular weight excluding hydrogens is 296 g/mol. The lowest BCUT2D eigenvalue weighted by Crippen LogP contribution is -2.09. The van der Waals surface area contributed by atoms with Gasteiger partial charge in [-0.1, -0.05) is 11.6 Å². The molecule has 0 bridgehead atoms. The zero-order chi connectivity index (χ0) is 11.7. The summed E-state index contributed by atoms with van der Waals surface area (Å²) in [4.78, 5) is 0. The van der Waals surface area contributed by atoms with Crippen LogP contribution in [0.4, 0.5) is 13.2 Å². The van der Waals surface area contributed by atoms with E-state index in [0.717, 1.165) is 0 Å². The molecule has 0 saturated carbocycles. The van der Waals surface area contributed by atoms with E-state index in [2.05, 4.69) is 15.9 Å². The molecule has 15 heavy (non-hydrogen) atoms. The number of aliphatic hydroxyl groups excluding tert-OH is 1. The Morgan fingerprint density at radius 2 is 1.80 bits per heavy atom. The number of benzene rings is 1. The van der Waals surface area contributed by atoms with E-state index in [1.54, 1.807) is 0 Å². The highest BCUT2D eigenvalue weighted by atomic mass is 79.9. The molecule has 1 aromatic carbocycles. The molecule has 0 radical (unpaired) electrons. The Morgan fingerprint density at radius 3 is 2.27 bits per heavy atom. The van der Waals surface area contributed by atoms with Gasteiger partial charge in [0.2, 0.25) is 0 Å². The van der Waals surface area contributed by atoms with Gasteiger partial charge in [0, 0.05) is 12.0 Å². The number of halogens is 5. The van der Waals surface area contributed by atoms with E-state index in [1.807, 2.05) is 0 Å². The molecule has 0 amide bonds. The first kappa shape index (κ1) is 12.8. The van der Waals surface area contributed by atoms with Crippen molar-refractivity contribution in [3.63, 3.8) is 0 Å². The lowest BCUT2D eigenvalue weighted by atomic mass is 10.1. The molecule has 0 aliphatic rings. The van der Waals surface area contributed by atoms with E-state index < -0.39 is 28.6 Å². The number of hydrogen-bond acceptors (Lipinski definition) is 1. The van der Waals surface area contributed by atoms with Crippen LogP contribution in [0, 0.1) is 17.5 Å². The first-order valence-corrected chi connectivity index (χ1v) is 5.21. The van der Waals surface area contributed by atoms with Gasteiger partial charge in [-0.2, -0.15) is 0 Å². The van der Waals surface area contributed by atoms with Gasteiger partial charge in [0.05, 0.1) is 10.6 Å². The summed E-state index contributed by atoms with van der Waals surface area (Å²) in [7, 11) is 0. The molecule has 1 unspecified atom stereocenters. The highest BCUT2D eigenvalue weighted by Gasteiger charge is 2.23. The van der Waals surface area contributed by atoms with Gasteiger partial charge in [-0.25, -0.2) is 13.2 Å². The summed E-state index contributed by atoms with van der Waals surface area (Å²) in [5.74, 6) is -3.74. The van der Waals surface area contributed by atoms with Crippen LogP contribution in [-0.4, -0.2) is 11.2 Å². The van der Waals surface area contributed by atoms with Gasteiger partial charge in [0.1, 0.15) is 5.02 Å². The van der Waals surface area contributed by atoms with Crippen LogP contribution in [0.15, 0.2) is 4.47 Å². The Kier molecular flexibility index (Phi) is 4.03. The van der Waals surface area contributed by atoms with Crippen molar-refractivity contribution in [2.24, 2.45) is 0 Å². The first-order chi connectivity index (χ1) is 6.86. The van der Waals surface area contributed by atoms with E-state index in [-0.39, 0.29) is 16.5 Å². The molecule has 1 aromatic rings. The number of rotatable bonds is 2. The predicted octanol–water partition coefficient (Wildman–Crippen LogP) is 3.44. The van der Waals surface area contributed by atoms with Gasteiger partial charge >= 0.3 is 0 Å². The Morgan fingerprint density at radius 1 is 1.27 bits per heavy atom. The standard InChI is InChI=1S/C9H7BrClF3O/c1-3(15)2-4-5(10)8(13)6(11)9(14)7(4)12/h3,15H,2H2,1H3. The summed E-state index contributed by atoms with van der Waals surface area (Å²) >= 11 is 7.98. The monoisotopic (exact) mass is 302 g/mol. The van der Waals surface area contributed by atoms with Crippen LogP contribution in [0.5, 0.6) is 0 Å². The van der Waals surface area contributed by atoms with Crippen LogP contribution < -0.4 is 0 Å². The summed E-state index contributed by atoms with van der Waals surface area (Å²) < 4.78 is 39.3. The van der Waals surface area contributed by atoms with Crippen molar-refractivity contribution in [1.82, 2.24) is 0 Å².